The van der Waals surface area contributed by atoms with E-state index in [4.69, 9.17) is 4.74 Å². The molecular formula is C18H16BrNO3S. The Morgan fingerprint density at radius 2 is 2.00 bits per heavy atom. The topological polar surface area (TPSA) is 55.4 Å². The molecule has 1 aliphatic rings. The largest absolute Gasteiger partial charge is 0.465 e. The van der Waals surface area contributed by atoms with Crippen LogP contribution in [0.1, 0.15) is 32.8 Å². The number of carbonyl (C=O) groups excluding carboxylic acids is 2. The summed E-state index contributed by atoms with van der Waals surface area (Å²) in [7, 11) is 1.36. The van der Waals surface area contributed by atoms with Gasteiger partial charge in [-0.25, -0.2) is 4.79 Å². The molecule has 4 nitrogen and oxygen atoms in total. The van der Waals surface area contributed by atoms with Gasteiger partial charge in [-0.2, -0.15) is 0 Å². The number of nitrogens with one attached hydrogen (secondary N) is 1. The molecule has 0 atom stereocenters. The molecule has 124 valence electrons. The van der Waals surface area contributed by atoms with Gasteiger partial charge in [0.1, 0.15) is 5.00 Å². The molecule has 1 heterocycles. The van der Waals surface area contributed by atoms with Crippen LogP contribution in [0.2, 0.25) is 0 Å². The summed E-state index contributed by atoms with van der Waals surface area (Å²) in [6, 6.07) is 7.65. The Morgan fingerprint density at radius 3 is 2.71 bits per heavy atom. The second kappa shape index (κ2) is 7.32. The first kappa shape index (κ1) is 16.9. The molecule has 3 rings (SSSR count). The van der Waals surface area contributed by atoms with Crippen molar-refractivity contribution in [2.24, 2.45) is 0 Å². The van der Waals surface area contributed by atoms with E-state index < -0.39 is 0 Å². The first-order valence-corrected chi connectivity index (χ1v) is 9.17. The minimum absolute atomic E-state index is 0.261. The first-order valence-electron chi connectivity index (χ1n) is 7.56. The molecule has 6 heteroatoms. The van der Waals surface area contributed by atoms with Crippen molar-refractivity contribution in [2.75, 3.05) is 12.4 Å². The third kappa shape index (κ3) is 3.60. The van der Waals surface area contributed by atoms with Crippen LogP contribution in [0.4, 0.5) is 5.00 Å². The third-order valence-corrected chi connectivity index (χ3v) is 5.58. The predicted octanol–water partition coefficient (Wildman–Crippen LogP) is 4.44. The number of anilines is 1. The minimum Gasteiger partial charge on any atom is -0.465 e. The summed E-state index contributed by atoms with van der Waals surface area (Å²) in [5, 5.41) is 3.40. The summed E-state index contributed by atoms with van der Waals surface area (Å²) >= 11 is 4.85. The summed E-state index contributed by atoms with van der Waals surface area (Å²) < 4.78 is 5.86. The van der Waals surface area contributed by atoms with E-state index in [1.807, 2.05) is 24.3 Å². The van der Waals surface area contributed by atoms with Gasteiger partial charge in [0, 0.05) is 15.4 Å². The van der Waals surface area contributed by atoms with Gasteiger partial charge in [0.05, 0.1) is 12.7 Å². The fraction of sp³-hybridized carbons (Fsp3) is 0.222. The van der Waals surface area contributed by atoms with Gasteiger partial charge >= 0.3 is 5.97 Å². The number of methoxy groups -OCH3 is 1. The summed E-state index contributed by atoms with van der Waals surface area (Å²) in [5.41, 5.74) is 2.47. The van der Waals surface area contributed by atoms with Crippen molar-refractivity contribution < 1.29 is 14.3 Å². The lowest BCUT2D eigenvalue weighted by atomic mass is 10.1. The van der Waals surface area contributed by atoms with Gasteiger partial charge in [-0.05, 0) is 48.6 Å². The van der Waals surface area contributed by atoms with E-state index in [1.165, 1.54) is 29.4 Å². The molecule has 1 amide bonds. The van der Waals surface area contributed by atoms with Crippen LogP contribution in [0.3, 0.4) is 0 Å². The zero-order valence-electron chi connectivity index (χ0n) is 13.1. The maximum atomic E-state index is 12.2. The number of esters is 1. The Morgan fingerprint density at radius 1 is 1.25 bits per heavy atom. The van der Waals surface area contributed by atoms with Crippen LogP contribution < -0.4 is 5.32 Å². The van der Waals surface area contributed by atoms with E-state index in [2.05, 4.69) is 21.2 Å². The van der Waals surface area contributed by atoms with Crippen LogP contribution in [-0.4, -0.2) is 19.0 Å². The van der Waals surface area contributed by atoms with E-state index in [1.54, 1.807) is 6.08 Å². The maximum Gasteiger partial charge on any atom is 0.341 e. The SMILES string of the molecule is COC(=O)c1c(NC(=O)/C=C/c2ccc(Br)cc2)sc2c1CCC2. The Labute approximate surface area is 152 Å². The molecule has 1 N–H and O–H groups in total. The molecular weight excluding hydrogens is 390 g/mol. The molecule has 0 aliphatic heterocycles. The number of hydrogen-bond donors (Lipinski definition) is 1. The average Bonchev–Trinajstić information content (AvgIpc) is 3.14. The van der Waals surface area contributed by atoms with E-state index in [0.29, 0.717) is 10.6 Å². The normalized spacial score (nSPS) is 13.1. The van der Waals surface area contributed by atoms with E-state index >= 15 is 0 Å². The number of hydrogen-bond acceptors (Lipinski definition) is 4. The summed E-state index contributed by atoms with van der Waals surface area (Å²) in [4.78, 5) is 25.4. The van der Waals surface area contributed by atoms with Crippen molar-refractivity contribution in [3.8, 4) is 0 Å². The summed E-state index contributed by atoms with van der Waals surface area (Å²) in [6.07, 6.45) is 6.06. The smallest absolute Gasteiger partial charge is 0.341 e. The van der Waals surface area contributed by atoms with Gasteiger partial charge in [0.2, 0.25) is 5.91 Å². The molecule has 0 unspecified atom stereocenters. The quantitative estimate of drug-likeness (QED) is 0.604. The van der Waals surface area contributed by atoms with Crippen molar-refractivity contribution in [1.82, 2.24) is 0 Å². The molecule has 0 saturated heterocycles. The van der Waals surface area contributed by atoms with E-state index in [9.17, 15) is 9.59 Å². The van der Waals surface area contributed by atoms with E-state index in [0.717, 1.165) is 34.9 Å². The van der Waals surface area contributed by atoms with Crippen molar-refractivity contribution in [3.05, 3.63) is 56.4 Å². The Hall–Kier alpha value is -1.92. The van der Waals surface area contributed by atoms with Gasteiger partial charge < -0.3 is 10.1 Å². The van der Waals surface area contributed by atoms with Crippen LogP contribution >= 0.6 is 27.3 Å². The van der Waals surface area contributed by atoms with Gasteiger partial charge in [-0.15, -0.1) is 11.3 Å². The van der Waals surface area contributed by atoms with Crippen LogP contribution in [0.15, 0.2) is 34.8 Å². The number of thiophene rings is 1. The van der Waals surface area contributed by atoms with Gasteiger partial charge in [0.15, 0.2) is 0 Å². The molecule has 1 aliphatic carbocycles. The fourth-order valence-electron chi connectivity index (χ4n) is 2.71. The standard InChI is InChI=1S/C18H16BrNO3S/c1-23-18(22)16-13-3-2-4-14(13)24-17(16)20-15(21)10-7-11-5-8-12(19)9-6-11/h5-10H,2-4H2,1H3,(H,20,21)/b10-7+. The van der Waals surface area contributed by atoms with Crippen LogP contribution in [0.25, 0.3) is 6.08 Å². The van der Waals surface area contributed by atoms with Gasteiger partial charge in [-0.1, -0.05) is 28.1 Å². The lowest BCUT2D eigenvalue weighted by Crippen LogP contribution is -2.12. The number of amides is 1. The van der Waals surface area contributed by atoms with Crippen molar-refractivity contribution >= 4 is 50.2 Å². The Kier molecular flexibility index (Phi) is 5.16. The number of halogens is 1. The number of aryl methyl sites for hydroxylation is 1. The third-order valence-electron chi connectivity index (χ3n) is 3.84. The number of fused-ring (bicyclic) bond motifs is 1. The highest BCUT2D eigenvalue weighted by Crippen LogP contribution is 2.39. The second-order valence-electron chi connectivity index (χ2n) is 5.43. The number of carbonyl (C=O) groups is 2. The molecule has 0 bridgehead atoms. The maximum absolute atomic E-state index is 12.2. The predicted molar refractivity (Wildman–Crippen MR) is 99.5 cm³/mol. The zero-order valence-corrected chi connectivity index (χ0v) is 15.5. The number of ether oxygens (including phenoxy) is 1. The highest BCUT2D eigenvalue weighted by molar-refractivity contribution is 9.10. The van der Waals surface area contributed by atoms with Crippen LogP contribution in [-0.2, 0) is 22.4 Å². The van der Waals surface area contributed by atoms with E-state index in [-0.39, 0.29) is 11.9 Å². The first-order chi connectivity index (χ1) is 11.6. The molecule has 0 radical (unpaired) electrons. The zero-order chi connectivity index (χ0) is 17.1. The van der Waals surface area contributed by atoms with Gasteiger partial charge in [-0.3, -0.25) is 4.79 Å². The number of benzene rings is 1. The molecule has 0 fully saturated rings. The van der Waals surface area contributed by atoms with Crippen molar-refractivity contribution in [2.45, 2.75) is 19.3 Å². The average molecular weight is 406 g/mol. The summed E-state index contributed by atoms with van der Waals surface area (Å²) in [6.45, 7) is 0. The fourth-order valence-corrected chi connectivity index (χ4v) is 4.25. The lowest BCUT2D eigenvalue weighted by Gasteiger charge is -2.05. The van der Waals surface area contributed by atoms with Crippen LogP contribution in [0.5, 0.6) is 0 Å². The minimum atomic E-state index is -0.387. The summed E-state index contributed by atoms with van der Waals surface area (Å²) in [5.74, 6) is -0.649. The molecule has 24 heavy (non-hydrogen) atoms. The molecule has 1 aromatic heterocycles. The molecule has 1 aromatic carbocycles. The van der Waals surface area contributed by atoms with Crippen molar-refractivity contribution in [1.29, 1.82) is 0 Å². The molecule has 0 saturated carbocycles. The number of rotatable bonds is 4. The van der Waals surface area contributed by atoms with Crippen molar-refractivity contribution in [3.63, 3.8) is 0 Å². The second-order valence-corrected chi connectivity index (χ2v) is 7.45. The lowest BCUT2D eigenvalue weighted by molar-refractivity contribution is -0.111. The monoisotopic (exact) mass is 405 g/mol. The Balaban J connectivity index is 1.77. The highest BCUT2D eigenvalue weighted by Gasteiger charge is 2.27. The Bertz CT molecular complexity index is 808. The van der Waals surface area contributed by atoms with Gasteiger partial charge in [0.25, 0.3) is 0 Å². The molecule has 0 spiro atoms. The molecule has 2 aromatic rings. The highest BCUT2D eigenvalue weighted by atomic mass is 79.9. The van der Waals surface area contributed by atoms with Crippen LogP contribution in [0, 0.1) is 0 Å².